The molecule has 0 aromatic carbocycles. The number of guanidine groups is 1. The number of hydrogen-bond acceptors (Lipinski definition) is 2. The standard InChI is InChI=1S/C15H27N5.HI/c1-16-15(18-12-14-9-11-19-20(14)2)17-10-5-8-13-6-3-4-7-13;/h9,11,13H,3-8,10,12H2,1-2H3,(H2,16,17,18);1H. The van der Waals surface area contributed by atoms with Crippen LogP contribution in [0.4, 0.5) is 0 Å². The average molecular weight is 405 g/mol. The molecule has 0 aliphatic heterocycles. The van der Waals surface area contributed by atoms with Crippen LogP contribution in [0.15, 0.2) is 17.3 Å². The van der Waals surface area contributed by atoms with Gasteiger partial charge in [-0.2, -0.15) is 5.10 Å². The van der Waals surface area contributed by atoms with Gasteiger partial charge < -0.3 is 10.6 Å². The highest BCUT2D eigenvalue weighted by Crippen LogP contribution is 2.28. The van der Waals surface area contributed by atoms with E-state index in [2.05, 4.69) is 20.7 Å². The van der Waals surface area contributed by atoms with E-state index in [-0.39, 0.29) is 24.0 Å². The number of hydrogen-bond donors (Lipinski definition) is 2. The maximum absolute atomic E-state index is 4.25. The molecule has 1 aromatic heterocycles. The van der Waals surface area contributed by atoms with Crippen molar-refractivity contribution in [3.63, 3.8) is 0 Å². The molecule has 1 aliphatic rings. The quantitative estimate of drug-likeness (QED) is 0.331. The molecular formula is C15H28IN5. The summed E-state index contributed by atoms with van der Waals surface area (Å²) >= 11 is 0. The lowest BCUT2D eigenvalue weighted by Gasteiger charge is -2.13. The van der Waals surface area contributed by atoms with E-state index in [0.717, 1.165) is 30.7 Å². The zero-order valence-corrected chi connectivity index (χ0v) is 15.5. The zero-order chi connectivity index (χ0) is 14.2. The van der Waals surface area contributed by atoms with Gasteiger partial charge in [0, 0.05) is 26.8 Å². The van der Waals surface area contributed by atoms with Crippen LogP contribution in [-0.2, 0) is 13.6 Å². The van der Waals surface area contributed by atoms with Gasteiger partial charge in [-0.1, -0.05) is 25.7 Å². The predicted octanol–water partition coefficient (Wildman–Crippen LogP) is 2.67. The molecule has 5 nitrogen and oxygen atoms in total. The van der Waals surface area contributed by atoms with Gasteiger partial charge in [-0.15, -0.1) is 24.0 Å². The summed E-state index contributed by atoms with van der Waals surface area (Å²) in [6, 6.07) is 2.01. The Morgan fingerprint density at radius 3 is 2.76 bits per heavy atom. The molecule has 0 unspecified atom stereocenters. The molecule has 120 valence electrons. The van der Waals surface area contributed by atoms with Crippen molar-refractivity contribution in [2.24, 2.45) is 18.0 Å². The Morgan fingerprint density at radius 1 is 1.38 bits per heavy atom. The Bertz CT molecular complexity index is 423. The first-order chi connectivity index (χ1) is 9.79. The Hall–Kier alpha value is -0.790. The van der Waals surface area contributed by atoms with Gasteiger partial charge in [0.25, 0.3) is 0 Å². The van der Waals surface area contributed by atoms with E-state index in [9.17, 15) is 0 Å². The van der Waals surface area contributed by atoms with Crippen LogP contribution in [0.2, 0.25) is 0 Å². The summed E-state index contributed by atoms with van der Waals surface area (Å²) in [4.78, 5) is 4.25. The Morgan fingerprint density at radius 2 is 2.14 bits per heavy atom. The first kappa shape index (κ1) is 18.3. The van der Waals surface area contributed by atoms with E-state index >= 15 is 0 Å². The van der Waals surface area contributed by atoms with Crippen molar-refractivity contribution in [1.29, 1.82) is 0 Å². The van der Waals surface area contributed by atoms with Crippen LogP contribution in [0, 0.1) is 5.92 Å². The van der Waals surface area contributed by atoms with Crippen molar-refractivity contribution >= 4 is 29.9 Å². The molecule has 6 heteroatoms. The third-order valence-corrected chi connectivity index (χ3v) is 4.14. The second-order valence-corrected chi connectivity index (χ2v) is 5.59. The van der Waals surface area contributed by atoms with Crippen molar-refractivity contribution in [3.05, 3.63) is 18.0 Å². The fraction of sp³-hybridized carbons (Fsp3) is 0.733. The second kappa shape index (κ2) is 10.0. The van der Waals surface area contributed by atoms with Crippen LogP contribution < -0.4 is 10.6 Å². The minimum Gasteiger partial charge on any atom is -0.356 e. The van der Waals surface area contributed by atoms with E-state index in [1.807, 2.05) is 31.0 Å². The summed E-state index contributed by atoms with van der Waals surface area (Å²) in [6.45, 7) is 1.75. The molecule has 0 amide bonds. The molecule has 21 heavy (non-hydrogen) atoms. The van der Waals surface area contributed by atoms with Gasteiger partial charge in [0.2, 0.25) is 0 Å². The van der Waals surface area contributed by atoms with Crippen molar-refractivity contribution in [2.45, 2.75) is 45.1 Å². The van der Waals surface area contributed by atoms with Crippen molar-refractivity contribution in [2.75, 3.05) is 13.6 Å². The molecule has 0 atom stereocenters. The number of halogens is 1. The highest BCUT2D eigenvalue weighted by Gasteiger charge is 2.13. The van der Waals surface area contributed by atoms with Crippen LogP contribution in [-0.4, -0.2) is 29.3 Å². The molecule has 1 heterocycles. The molecule has 0 spiro atoms. The summed E-state index contributed by atoms with van der Waals surface area (Å²) in [5.41, 5.74) is 1.15. The average Bonchev–Trinajstić information content (AvgIpc) is 3.10. The molecule has 0 bridgehead atoms. The van der Waals surface area contributed by atoms with E-state index in [0.29, 0.717) is 0 Å². The van der Waals surface area contributed by atoms with Crippen molar-refractivity contribution in [1.82, 2.24) is 20.4 Å². The minimum atomic E-state index is 0. The van der Waals surface area contributed by atoms with E-state index < -0.39 is 0 Å². The van der Waals surface area contributed by atoms with Gasteiger partial charge in [0.15, 0.2) is 5.96 Å². The normalized spacial score (nSPS) is 15.8. The Balaban J connectivity index is 0.00000220. The first-order valence-electron chi connectivity index (χ1n) is 7.71. The van der Waals surface area contributed by atoms with Crippen LogP contribution in [0.25, 0.3) is 0 Å². The smallest absolute Gasteiger partial charge is 0.191 e. The summed E-state index contributed by atoms with van der Waals surface area (Å²) in [5.74, 6) is 1.85. The van der Waals surface area contributed by atoms with Crippen LogP contribution in [0.3, 0.4) is 0 Å². The van der Waals surface area contributed by atoms with Gasteiger partial charge in [0.1, 0.15) is 0 Å². The topological polar surface area (TPSA) is 54.2 Å². The SMILES string of the molecule is CN=C(NCCCC1CCCC1)NCc1ccnn1C.I. The summed E-state index contributed by atoms with van der Waals surface area (Å²) in [5, 5.41) is 10.9. The number of rotatable bonds is 6. The highest BCUT2D eigenvalue weighted by atomic mass is 127. The van der Waals surface area contributed by atoms with E-state index in [1.54, 1.807) is 0 Å². The third-order valence-electron chi connectivity index (χ3n) is 4.14. The molecule has 0 saturated heterocycles. The van der Waals surface area contributed by atoms with Crippen LogP contribution >= 0.6 is 24.0 Å². The number of aryl methyl sites for hydroxylation is 1. The Labute approximate surface area is 145 Å². The first-order valence-corrected chi connectivity index (χ1v) is 7.71. The van der Waals surface area contributed by atoms with Gasteiger partial charge >= 0.3 is 0 Å². The van der Waals surface area contributed by atoms with Crippen molar-refractivity contribution in [3.8, 4) is 0 Å². The monoisotopic (exact) mass is 405 g/mol. The maximum atomic E-state index is 4.25. The predicted molar refractivity (Wildman–Crippen MR) is 98.0 cm³/mol. The van der Waals surface area contributed by atoms with Crippen molar-refractivity contribution < 1.29 is 0 Å². The third kappa shape index (κ3) is 6.23. The van der Waals surface area contributed by atoms with E-state index in [1.165, 1.54) is 38.5 Å². The molecule has 1 fully saturated rings. The van der Waals surface area contributed by atoms with Gasteiger partial charge in [-0.05, 0) is 24.8 Å². The van der Waals surface area contributed by atoms with Gasteiger partial charge in [0.05, 0.1) is 12.2 Å². The maximum Gasteiger partial charge on any atom is 0.191 e. The molecule has 1 aliphatic carbocycles. The van der Waals surface area contributed by atoms with E-state index in [4.69, 9.17) is 0 Å². The molecule has 2 rings (SSSR count). The zero-order valence-electron chi connectivity index (χ0n) is 13.1. The molecule has 1 aromatic rings. The lowest BCUT2D eigenvalue weighted by molar-refractivity contribution is 0.481. The number of aliphatic imine (C=N–C) groups is 1. The number of aromatic nitrogens is 2. The molecule has 2 N–H and O–H groups in total. The highest BCUT2D eigenvalue weighted by molar-refractivity contribution is 14.0. The lowest BCUT2D eigenvalue weighted by atomic mass is 10.0. The number of nitrogens with one attached hydrogen (secondary N) is 2. The summed E-state index contributed by atoms with van der Waals surface area (Å²) in [7, 11) is 3.77. The fourth-order valence-electron chi connectivity index (χ4n) is 2.87. The molecule has 1 saturated carbocycles. The summed E-state index contributed by atoms with van der Waals surface area (Å²) < 4.78 is 1.88. The molecule has 0 radical (unpaired) electrons. The number of nitrogens with zero attached hydrogens (tertiary/aromatic N) is 3. The minimum absolute atomic E-state index is 0. The van der Waals surface area contributed by atoms with Gasteiger partial charge in [-0.3, -0.25) is 9.67 Å². The fourth-order valence-corrected chi connectivity index (χ4v) is 2.87. The van der Waals surface area contributed by atoms with Gasteiger partial charge in [-0.25, -0.2) is 0 Å². The van der Waals surface area contributed by atoms with Crippen LogP contribution in [0.1, 0.15) is 44.2 Å². The lowest BCUT2D eigenvalue weighted by Crippen LogP contribution is -2.37. The molecular weight excluding hydrogens is 377 g/mol. The van der Waals surface area contributed by atoms with Crippen LogP contribution in [0.5, 0.6) is 0 Å². The summed E-state index contributed by atoms with van der Waals surface area (Å²) in [6.07, 6.45) is 10.1. The second-order valence-electron chi connectivity index (χ2n) is 5.59. The Kier molecular flexibility index (Phi) is 8.72. The largest absolute Gasteiger partial charge is 0.356 e.